The Labute approximate surface area is 101 Å². The minimum Gasteiger partial charge on any atom is -0.466 e. The molecule has 1 saturated carbocycles. The lowest BCUT2D eigenvalue weighted by atomic mass is 9.85. The maximum absolute atomic E-state index is 11.5. The van der Waals surface area contributed by atoms with Crippen LogP contribution in [0.1, 0.15) is 32.1 Å². The molecule has 0 unspecified atom stereocenters. The number of esters is 2. The number of ether oxygens (including phenoxy) is 2. The summed E-state index contributed by atoms with van der Waals surface area (Å²) in [6.07, 6.45) is 11.9. The lowest BCUT2D eigenvalue weighted by Crippen LogP contribution is -2.35. The van der Waals surface area contributed by atoms with Crippen molar-refractivity contribution in [1.29, 1.82) is 0 Å². The van der Waals surface area contributed by atoms with Crippen molar-refractivity contribution in [3.8, 4) is 12.3 Å². The molecule has 0 aromatic carbocycles. The van der Waals surface area contributed by atoms with Gasteiger partial charge in [-0.2, -0.15) is 0 Å². The molecule has 1 rings (SSSR count). The van der Waals surface area contributed by atoms with Gasteiger partial charge in [-0.25, -0.2) is 9.59 Å². The van der Waals surface area contributed by atoms with E-state index in [0.29, 0.717) is 12.8 Å². The first-order valence-corrected chi connectivity index (χ1v) is 5.59. The molecule has 92 valence electrons. The molecule has 17 heavy (non-hydrogen) atoms. The van der Waals surface area contributed by atoms with Gasteiger partial charge in [0.2, 0.25) is 0 Å². The Morgan fingerprint density at radius 3 is 2.29 bits per heavy atom. The first kappa shape index (κ1) is 13.3. The second-order valence-electron chi connectivity index (χ2n) is 3.98. The molecular weight excluding hydrogens is 220 g/mol. The van der Waals surface area contributed by atoms with Gasteiger partial charge >= 0.3 is 11.9 Å². The number of hydrogen-bond donors (Lipinski definition) is 0. The number of carbonyl (C=O) groups is 2. The van der Waals surface area contributed by atoms with Crippen molar-refractivity contribution in [3.63, 3.8) is 0 Å². The summed E-state index contributed by atoms with van der Waals surface area (Å²) in [6, 6.07) is 0. The minimum absolute atomic E-state index is 0.597. The Morgan fingerprint density at radius 1 is 1.18 bits per heavy atom. The van der Waals surface area contributed by atoms with Crippen LogP contribution in [0.2, 0.25) is 0 Å². The number of methoxy groups -OCH3 is 1. The third-order valence-electron chi connectivity index (χ3n) is 2.78. The summed E-state index contributed by atoms with van der Waals surface area (Å²) >= 11 is 0. The summed E-state index contributed by atoms with van der Waals surface area (Å²) in [4.78, 5) is 22.3. The highest BCUT2D eigenvalue weighted by atomic mass is 16.6. The van der Waals surface area contributed by atoms with Crippen molar-refractivity contribution in [1.82, 2.24) is 0 Å². The monoisotopic (exact) mass is 236 g/mol. The standard InChI is InChI=1S/C13H16O4/c1-3-13(9-5-4-6-10-13)17-12(15)8-7-11(14)16-2/h1,7-8H,4-6,9-10H2,2H3/b8-7-. The molecule has 4 nitrogen and oxygen atoms in total. The lowest BCUT2D eigenvalue weighted by Gasteiger charge is -2.31. The van der Waals surface area contributed by atoms with Crippen LogP contribution in [0.3, 0.4) is 0 Å². The van der Waals surface area contributed by atoms with E-state index >= 15 is 0 Å². The normalized spacial score (nSPS) is 18.4. The summed E-state index contributed by atoms with van der Waals surface area (Å²) in [5.74, 6) is 1.36. The molecule has 0 aromatic rings. The molecule has 0 spiro atoms. The molecular formula is C13H16O4. The minimum atomic E-state index is -0.796. The molecule has 0 atom stereocenters. The van der Waals surface area contributed by atoms with E-state index < -0.39 is 17.5 Å². The fourth-order valence-electron chi connectivity index (χ4n) is 1.83. The Kier molecular flexibility index (Phi) is 4.77. The van der Waals surface area contributed by atoms with Gasteiger partial charge < -0.3 is 9.47 Å². The van der Waals surface area contributed by atoms with Crippen molar-refractivity contribution >= 4 is 11.9 Å². The highest BCUT2D eigenvalue weighted by Gasteiger charge is 2.33. The molecule has 0 heterocycles. The largest absolute Gasteiger partial charge is 0.466 e. The van der Waals surface area contributed by atoms with Gasteiger partial charge in [-0.1, -0.05) is 12.3 Å². The smallest absolute Gasteiger partial charge is 0.332 e. The van der Waals surface area contributed by atoms with Crippen LogP contribution in [0.25, 0.3) is 0 Å². The lowest BCUT2D eigenvalue weighted by molar-refractivity contribution is -0.150. The summed E-state index contributed by atoms with van der Waals surface area (Å²) in [5.41, 5.74) is -0.796. The molecule has 0 bridgehead atoms. The Bertz CT molecular complexity index is 356. The van der Waals surface area contributed by atoms with E-state index in [-0.39, 0.29) is 0 Å². The first-order valence-electron chi connectivity index (χ1n) is 5.59. The van der Waals surface area contributed by atoms with E-state index in [2.05, 4.69) is 10.7 Å². The van der Waals surface area contributed by atoms with Gasteiger partial charge in [0, 0.05) is 12.2 Å². The van der Waals surface area contributed by atoms with Gasteiger partial charge in [-0.3, -0.25) is 0 Å². The SMILES string of the molecule is C#CC1(OC(=O)/C=C\C(=O)OC)CCCCC1. The van der Waals surface area contributed by atoms with E-state index in [4.69, 9.17) is 11.2 Å². The highest BCUT2D eigenvalue weighted by Crippen LogP contribution is 2.31. The van der Waals surface area contributed by atoms with Crippen LogP contribution in [0.5, 0.6) is 0 Å². The number of terminal acetylenes is 1. The predicted molar refractivity (Wildman–Crippen MR) is 61.9 cm³/mol. The maximum atomic E-state index is 11.5. The number of hydrogen-bond acceptors (Lipinski definition) is 4. The summed E-state index contributed by atoms with van der Waals surface area (Å²) in [5, 5.41) is 0. The zero-order valence-corrected chi connectivity index (χ0v) is 9.90. The van der Waals surface area contributed by atoms with Crippen molar-refractivity contribution in [2.45, 2.75) is 37.7 Å². The van der Waals surface area contributed by atoms with Gasteiger partial charge in [0.15, 0.2) is 5.60 Å². The fourth-order valence-corrected chi connectivity index (χ4v) is 1.83. The molecule has 0 aliphatic heterocycles. The third kappa shape index (κ3) is 3.95. The van der Waals surface area contributed by atoms with Gasteiger partial charge in [0.05, 0.1) is 7.11 Å². The summed E-state index contributed by atoms with van der Waals surface area (Å²) in [7, 11) is 1.24. The summed E-state index contributed by atoms with van der Waals surface area (Å²) < 4.78 is 9.62. The molecule has 0 amide bonds. The van der Waals surface area contributed by atoms with Gasteiger partial charge in [-0.05, 0) is 25.7 Å². The average molecular weight is 236 g/mol. The Balaban J connectivity index is 2.57. The van der Waals surface area contributed by atoms with Crippen molar-refractivity contribution in [3.05, 3.63) is 12.2 Å². The zero-order chi connectivity index (χ0) is 12.7. The Morgan fingerprint density at radius 2 is 1.76 bits per heavy atom. The van der Waals surface area contributed by atoms with Crippen LogP contribution >= 0.6 is 0 Å². The van der Waals surface area contributed by atoms with Crippen molar-refractivity contribution < 1.29 is 19.1 Å². The molecule has 0 saturated heterocycles. The second kappa shape index (κ2) is 6.09. The van der Waals surface area contributed by atoms with Crippen LogP contribution in [0.15, 0.2) is 12.2 Å². The van der Waals surface area contributed by atoms with Crippen LogP contribution in [0.4, 0.5) is 0 Å². The van der Waals surface area contributed by atoms with E-state index in [1.165, 1.54) is 7.11 Å². The zero-order valence-electron chi connectivity index (χ0n) is 9.90. The fraction of sp³-hybridized carbons (Fsp3) is 0.538. The predicted octanol–water partition coefficient (Wildman–Crippen LogP) is 1.59. The topological polar surface area (TPSA) is 52.6 Å². The van der Waals surface area contributed by atoms with Crippen LogP contribution < -0.4 is 0 Å². The maximum Gasteiger partial charge on any atom is 0.332 e. The van der Waals surface area contributed by atoms with Gasteiger partial charge in [0.1, 0.15) is 0 Å². The Hall–Kier alpha value is -1.76. The van der Waals surface area contributed by atoms with E-state index in [1.807, 2.05) is 0 Å². The van der Waals surface area contributed by atoms with Crippen molar-refractivity contribution in [2.75, 3.05) is 7.11 Å². The molecule has 1 fully saturated rings. The summed E-state index contributed by atoms with van der Waals surface area (Å²) in [6.45, 7) is 0. The van der Waals surface area contributed by atoms with E-state index in [1.54, 1.807) is 0 Å². The van der Waals surface area contributed by atoms with Crippen molar-refractivity contribution in [2.24, 2.45) is 0 Å². The van der Waals surface area contributed by atoms with Crippen LogP contribution in [-0.4, -0.2) is 24.6 Å². The molecule has 0 radical (unpaired) electrons. The molecule has 1 aliphatic rings. The molecule has 0 aromatic heterocycles. The second-order valence-corrected chi connectivity index (χ2v) is 3.98. The van der Waals surface area contributed by atoms with E-state index in [9.17, 15) is 9.59 Å². The molecule has 4 heteroatoms. The van der Waals surface area contributed by atoms with Gasteiger partial charge in [0.25, 0.3) is 0 Å². The molecule has 1 aliphatic carbocycles. The van der Waals surface area contributed by atoms with E-state index in [0.717, 1.165) is 31.4 Å². The van der Waals surface area contributed by atoms with Crippen LogP contribution in [-0.2, 0) is 19.1 Å². The highest BCUT2D eigenvalue weighted by molar-refractivity contribution is 5.91. The average Bonchev–Trinajstić information content (AvgIpc) is 2.37. The number of carbonyl (C=O) groups excluding carboxylic acids is 2. The first-order chi connectivity index (χ1) is 8.12. The molecule has 0 N–H and O–H groups in total. The third-order valence-corrected chi connectivity index (χ3v) is 2.78. The number of rotatable bonds is 3. The van der Waals surface area contributed by atoms with Crippen LogP contribution in [0, 0.1) is 12.3 Å². The quantitative estimate of drug-likeness (QED) is 0.424. The van der Waals surface area contributed by atoms with Gasteiger partial charge in [-0.15, -0.1) is 6.42 Å².